The van der Waals surface area contributed by atoms with E-state index in [1.807, 2.05) is 103 Å². The minimum Gasteiger partial charge on any atom is -0.490 e. The van der Waals surface area contributed by atoms with Gasteiger partial charge in [-0.3, -0.25) is 9.69 Å². The largest absolute Gasteiger partial charge is 0.490 e. The van der Waals surface area contributed by atoms with E-state index in [1.165, 1.54) is 0 Å². The number of carbonyl (C=O) groups is 2. The number of aliphatic hydroxyl groups is 1. The third-order valence-corrected chi connectivity index (χ3v) is 6.09. The quantitative estimate of drug-likeness (QED) is 0.414. The van der Waals surface area contributed by atoms with E-state index < -0.39 is 23.6 Å². The number of nitrogens with one attached hydrogen (secondary N) is 1. The van der Waals surface area contributed by atoms with Crippen molar-refractivity contribution in [2.75, 3.05) is 13.2 Å². The van der Waals surface area contributed by atoms with E-state index in [1.54, 1.807) is 0 Å². The summed E-state index contributed by atoms with van der Waals surface area (Å²) in [6.45, 7) is -0.244. The summed E-state index contributed by atoms with van der Waals surface area (Å²) in [4.78, 5) is 27.8. The zero-order chi connectivity index (χ0) is 23.5. The Hall–Kier alpha value is -4.16. The van der Waals surface area contributed by atoms with Crippen molar-refractivity contribution in [3.05, 3.63) is 114 Å². The van der Waals surface area contributed by atoms with E-state index in [0.29, 0.717) is 16.9 Å². The molecule has 0 radical (unpaired) electrons. The topological polar surface area (TPSA) is 78.9 Å². The molecule has 0 saturated carbocycles. The van der Waals surface area contributed by atoms with Crippen molar-refractivity contribution < 1.29 is 19.4 Å². The fourth-order valence-electron chi connectivity index (χ4n) is 4.45. The molecule has 1 fully saturated rings. The molecule has 3 amide bonds. The maximum atomic E-state index is 13.7. The number of carbonyl (C=O) groups excluding carboxylic acids is 2. The van der Waals surface area contributed by atoms with Gasteiger partial charge in [-0.15, -0.1) is 0 Å². The zero-order valence-electron chi connectivity index (χ0n) is 18.4. The van der Waals surface area contributed by atoms with Crippen LogP contribution in [0, 0.1) is 0 Å². The van der Waals surface area contributed by atoms with Crippen molar-refractivity contribution >= 4 is 22.7 Å². The zero-order valence-corrected chi connectivity index (χ0v) is 18.4. The first-order chi connectivity index (χ1) is 16.6. The lowest BCUT2D eigenvalue weighted by Gasteiger charge is -2.28. The van der Waals surface area contributed by atoms with Crippen molar-refractivity contribution in [2.24, 2.45) is 0 Å². The summed E-state index contributed by atoms with van der Waals surface area (Å²) in [7, 11) is 0. The summed E-state index contributed by atoms with van der Waals surface area (Å²) < 4.78 is 5.86. The van der Waals surface area contributed by atoms with Gasteiger partial charge in [-0.1, -0.05) is 97.1 Å². The van der Waals surface area contributed by atoms with E-state index in [-0.39, 0.29) is 13.2 Å². The van der Waals surface area contributed by atoms with Crippen LogP contribution in [0.15, 0.2) is 103 Å². The molecule has 1 atom stereocenters. The molecule has 1 aliphatic rings. The number of hydrogen-bond acceptors (Lipinski definition) is 4. The third-order valence-electron chi connectivity index (χ3n) is 6.09. The molecular formula is C28H24N2O4. The van der Waals surface area contributed by atoms with E-state index in [4.69, 9.17) is 4.74 Å². The van der Waals surface area contributed by atoms with Crippen LogP contribution in [0.4, 0.5) is 4.79 Å². The molecule has 0 spiro atoms. The Morgan fingerprint density at radius 2 is 1.38 bits per heavy atom. The average molecular weight is 453 g/mol. The maximum absolute atomic E-state index is 13.7. The molecule has 1 heterocycles. The van der Waals surface area contributed by atoms with Gasteiger partial charge in [-0.25, -0.2) is 4.79 Å². The Bertz CT molecular complexity index is 1280. The molecule has 6 nitrogen and oxygen atoms in total. The molecule has 1 saturated heterocycles. The van der Waals surface area contributed by atoms with Gasteiger partial charge in [0.25, 0.3) is 5.91 Å². The molecule has 0 bridgehead atoms. The Balaban J connectivity index is 1.37. The summed E-state index contributed by atoms with van der Waals surface area (Å²) in [5.41, 5.74) is -0.0393. The van der Waals surface area contributed by atoms with Gasteiger partial charge in [0.1, 0.15) is 18.5 Å². The van der Waals surface area contributed by atoms with Gasteiger partial charge in [-0.05, 0) is 22.6 Å². The van der Waals surface area contributed by atoms with Crippen LogP contribution in [0.2, 0.25) is 0 Å². The van der Waals surface area contributed by atoms with E-state index >= 15 is 0 Å². The second-order valence-electron chi connectivity index (χ2n) is 8.27. The minimum atomic E-state index is -1.35. The third kappa shape index (κ3) is 3.78. The number of fused-ring (bicyclic) bond motifs is 1. The predicted octanol–water partition coefficient (Wildman–Crippen LogP) is 4.08. The maximum Gasteiger partial charge on any atom is 0.325 e. The number of nitrogens with zero attached hydrogens (tertiary/aromatic N) is 1. The molecule has 5 rings (SSSR count). The smallest absolute Gasteiger partial charge is 0.325 e. The molecular weight excluding hydrogens is 428 g/mol. The van der Waals surface area contributed by atoms with Crippen LogP contribution in [0.25, 0.3) is 10.8 Å². The number of rotatable bonds is 7. The first-order valence-electron chi connectivity index (χ1n) is 11.1. The number of imide groups is 1. The molecule has 6 heteroatoms. The van der Waals surface area contributed by atoms with Crippen LogP contribution in [0.5, 0.6) is 5.75 Å². The summed E-state index contributed by atoms with van der Waals surface area (Å²) in [6.07, 6.45) is -1.06. The molecule has 0 unspecified atom stereocenters. The SMILES string of the molecule is O=C1NC(c2ccccc2)(c2ccccc2)C(=O)N1C[C@@H](O)COc1cccc2ccccc12. The van der Waals surface area contributed by atoms with Crippen LogP contribution in [-0.4, -0.2) is 41.2 Å². The molecule has 0 aromatic heterocycles. The molecule has 1 aliphatic heterocycles. The molecule has 4 aromatic carbocycles. The lowest BCUT2D eigenvalue weighted by molar-refractivity contribution is -0.131. The van der Waals surface area contributed by atoms with Crippen LogP contribution < -0.4 is 10.1 Å². The van der Waals surface area contributed by atoms with Crippen molar-refractivity contribution in [2.45, 2.75) is 11.6 Å². The molecule has 2 N–H and O–H groups in total. The Labute approximate surface area is 197 Å². The van der Waals surface area contributed by atoms with E-state index in [0.717, 1.165) is 15.7 Å². The number of benzene rings is 4. The van der Waals surface area contributed by atoms with Crippen molar-refractivity contribution in [1.29, 1.82) is 0 Å². The number of urea groups is 1. The highest BCUT2D eigenvalue weighted by atomic mass is 16.5. The number of aliphatic hydroxyl groups excluding tert-OH is 1. The van der Waals surface area contributed by atoms with Gasteiger partial charge >= 0.3 is 6.03 Å². The first-order valence-corrected chi connectivity index (χ1v) is 11.1. The highest BCUT2D eigenvalue weighted by molar-refractivity contribution is 6.09. The van der Waals surface area contributed by atoms with Crippen LogP contribution >= 0.6 is 0 Å². The second kappa shape index (κ2) is 9.00. The first kappa shape index (κ1) is 21.7. The molecule has 34 heavy (non-hydrogen) atoms. The number of hydrogen-bond donors (Lipinski definition) is 2. The molecule has 0 aliphatic carbocycles. The minimum absolute atomic E-state index is 0.0608. The predicted molar refractivity (Wildman–Crippen MR) is 129 cm³/mol. The Morgan fingerprint density at radius 3 is 2.06 bits per heavy atom. The van der Waals surface area contributed by atoms with Crippen molar-refractivity contribution in [3.63, 3.8) is 0 Å². The molecule has 170 valence electrons. The highest BCUT2D eigenvalue weighted by Crippen LogP contribution is 2.36. The van der Waals surface area contributed by atoms with Gasteiger partial charge in [0.2, 0.25) is 0 Å². The van der Waals surface area contributed by atoms with Gasteiger partial charge in [0.15, 0.2) is 5.54 Å². The van der Waals surface area contributed by atoms with Crippen LogP contribution in [0.3, 0.4) is 0 Å². The fraction of sp³-hybridized carbons (Fsp3) is 0.143. The van der Waals surface area contributed by atoms with Gasteiger partial charge in [0, 0.05) is 5.39 Å². The summed E-state index contributed by atoms with van der Waals surface area (Å²) >= 11 is 0. The van der Waals surface area contributed by atoms with E-state index in [2.05, 4.69) is 5.32 Å². The van der Waals surface area contributed by atoms with Gasteiger partial charge < -0.3 is 15.2 Å². The summed E-state index contributed by atoms with van der Waals surface area (Å²) in [5.74, 6) is 0.205. The number of amides is 3. The Kier molecular flexibility index (Phi) is 5.74. The van der Waals surface area contributed by atoms with Crippen molar-refractivity contribution in [1.82, 2.24) is 10.2 Å². The normalized spacial score (nSPS) is 15.9. The van der Waals surface area contributed by atoms with E-state index in [9.17, 15) is 14.7 Å². The Morgan fingerprint density at radius 1 is 0.794 bits per heavy atom. The highest BCUT2D eigenvalue weighted by Gasteiger charge is 2.53. The average Bonchev–Trinajstić information content (AvgIpc) is 3.14. The lowest BCUT2D eigenvalue weighted by Crippen LogP contribution is -2.46. The summed E-state index contributed by atoms with van der Waals surface area (Å²) in [6, 6.07) is 31.2. The van der Waals surface area contributed by atoms with Gasteiger partial charge in [0.05, 0.1) is 6.54 Å². The summed E-state index contributed by atoms with van der Waals surface area (Å²) in [5, 5.41) is 15.5. The van der Waals surface area contributed by atoms with Crippen LogP contribution in [-0.2, 0) is 10.3 Å². The standard InChI is InChI=1S/C28H24N2O4/c31-23(19-34-25-17-9-11-20-10-7-8-16-24(20)25)18-30-26(32)28(29-27(30)33,21-12-3-1-4-13-21)22-14-5-2-6-15-22/h1-17,23,31H,18-19H2,(H,29,33)/t23-/m1/s1. The second-order valence-corrected chi connectivity index (χ2v) is 8.27. The fourth-order valence-corrected chi connectivity index (χ4v) is 4.45. The van der Waals surface area contributed by atoms with Crippen LogP contribution in [0.1, 0.15) is 11.1 Å². The van der Waals surface area contributed by atoms with Gasteiger partial charge in [-0.2, -0.15) is 0 Å². The number of β-amino-alcohol motifs (C(OH)–C–C–N with tert-alkyl or cyclic N) is 1. The van der Waals surface area contributed by atoms with Crippen molar-refractivity contribution in [3.8, 4) is 5.75 Å². The molecule has 4 aromatic rings. The number of ether oxygens (including phenoxy) is 1. The monoisotopic (exact) mass is 452 g/mol. The lowest BCUT2D eigenvalue weighted by atomic mass is 9.82.